The van der Waals surface area contributed by atoms with Crippen molar-refractivity contribution < 1.29 is 0 Å². The Bertz CT molecular complexity index is 585. The summed E-state index contributed by atoms with van der Waals surface area (Å²) in [6.07, 6.45) is 7.82. The van der Waals surface area contributed by atoms with Crippen LogP contribution in [0.25, 0.3) is 0 Å². The molecular formula is C13H20N4O2. The third kappa shape index (κ3) is 2.89. The maximum Gasteiger partial charge on any atom is 0.330 e. The molecule has 0 aromatic carbocycles. The molecular weight excluding hydrogens is 244 g/mol. The van der Waals surface area contributed by atoms with Crippen LogP contribution in [0.5, 0.6) is 0 Å². The van der Waals surface area contributed by atoms with Gasteiger partial charge in [-0.15, -0.1) is 0 Å². The summed E-state index contributed by atoms with van der Waals surface area (Å²) in [5, 5.41) is 3.16. The van der Waals surface area contributed by atoms with E-state index in [1.807, 2.05) is 6.92 Å². The number of nitrogens with one attached hydrogen (secondary N) is 2. The van der Waals surface area contributed by atoms with Crippen molar-refractivity contribution in [2.75, 3.05) is 11.1 Å². The predicted octanol–water partition coefficient (Wildman–Crippen LogP) is 1.05. The van der Waals surface area contributed by atoms with Crippen molar-refractivity contribution in [2.24, 2.45) is 0 Å². The Morgan fingerprint density at radius 1 is 1.47 bits per heavy atom. The van der Waals surface area contributed by atoms with E-state index >= 15 is 0 Å². The molecule has 1 heterocycles. The fraction of sp³-hybridized carbons (Fsp3) is 0.538. The van der Waals surface area contributed by atoms with Crippen LogP contribution < -0.4 is 22.3 Å². The van der Waals surface area contributed by atoms with Crippen molar-refractivity contribution in [1.29, 1.82) is 0 Å². The molecule has 1 aromatic heterocycles. The average Bonchev–Trinajstić information content (AvgIpc) is 2.41. The molecule has 4 N–H and O–H groups in total. The van der Waals surface area contributed by atoms with E-state index in [-0.39, 0.29) is 11.9 Å². The minimum absolute atomic E-state index is 0.195. The Labute approximate surface area is 111 Å². The standard InChI is InChI=1S/C13H20N4O2/c1-2-8-17-11(14)10(12(18)16-13(17)19)15-9-6-4-3-5-7-9/h3-4,9,15H,2,5-8,14H2,1H3,(H,16,18,19). The highest BCUT2D eigenvalue weighted by Crippen LogP contribution is 2.18. The second kappa shape index (κ2) is 5.77. The first-order valence-electron chi connectivity index (χ1n) is 6.67. The van der Waals surface area contributed by atoms with Gasteiger partial charge in [0.25, 0.3) is 5.56 Å². The third-order valence-electron chi connectivity index (χ3n) is 3.30. The molecule has 1 unspecified atom stereocenters. The van der Waals surface area contributed by atoms with Crippen molar-refractivity contribution in [2.45, 2.75) is 45.2 Å². The molecule has 0 bridgehead atoms. The SMILES string of the molecule is CCCn1c(N)c(NC2CC=CCC2)c(=O)[nH]c1=O. The molecule has 1 aliphatic carbocycles. The maximum absolute atomic E-state index is 11.9. The minimum atomic E-state index is -0.446. The van der Waals surface area contributed by atoms with E-state index in [0.29, 0.717) is 12.2 Å². The molecule has 1 atom stereocenters. The molecule has 0 spiro atoms. The van der Waals surface area contributed by atoms with Crippen LogP contribution in [0, 0.1) is 0 Å². The van der Waals surface area contributed by atoms with Crippen LogP contribution in [0.1, 0.15) is 32.6 Å². The lowest BCUT2D eigenvalue weighted by Gasteiger charge is -2.21. The van der Waals surface area contributed by atoms with E-state index in [0.717, 1.165) is 25.7 Å². The van der Waals surface area contributed by atoms with Crippen molar-refractivity contribution in [3.05, 3.63) is 33.0 Å². The number of nitrogen functional groups attached to an aromatic ring is 1. The lowest BCUT2D eigenvalue weighted by molar-refractivity contribution is 0.626. The normalized spacial score (nSPS) is 18.5. The molecule has 0 fully saturated rings. The smallest absolute Gasteiger partial charge is 0.330 e. The van der Waals surface area contributed by atoms with Crippen LogP contribution in [0.3, 0.4) is 0 Å². The second-order valence-corrected chi connectivity index (χ2v) is 4.80. The first kappa shape index (κ1) is 13.5. The predicted molar refractivity (Wildman–Crippen MR) is 76.4 cm³/mol. The summed E-state index contributed by atoms with van der Waals surface area (Å²) in [6.45, 7) is 2.46. The van der Waals surface area contributed by atoms with E-state index in [9.17, 15) is 9.59 Å². The van der Waals surface area contributed by atoms with Crippen molar-refractivity contribution >= 4 is 11.5 Å². The molecule has 1 aromatic rings. The minimum Gasteiger partial charge on any atom is -0.383 e. The highest BCUT2D eigenvalue weighted by Gasteiger charge is 2.16. The molecule has 0 amide bonds. The molecule has 0 saturated heterocycles. The molecule has 2 rings (SSSR count). The largest absolute Gasteiger partial charge is 0.383 e. The van der Waals surface area contributed by atoms with Gasteiger partial charge >= 0.3 is 5.69 Å². The summed E-state index contributed by atoms with van der Waals surface area (Å²) in [5.41, 5.74) is 5.38. The number of anilines is 2. The Morgan fingerprint density at radius 3 is 2.89 bits per heavy atom. The van der Waals surface area contributed by atoms with Gasteiger partial charge in [0.1, 0.15) is 11.5 Å². The lowest BCUT2D eigenvalue weighted by Crippen LogP contribution is -2.36. The Hall–Kier alpha value is -1.98. The van der Waals surface area contributed by atoms with Crippen LogP contribution in [-0.2, 0) is 6.54 Å². The number of aromatic amines is 1. The van der Waals surface area contributed by atoms with Crippen molar-refractivity contribution in [1.82, 2.24) is 9.55 Å². The van der Waals surface area contributed by atoms with E-state index in [2.05, 4.69) is 22.5 Å². The van der Waals surface area contributed by atoms with Gasteiger partial charge in [0.05, 0.1) is 0 Å². The summed E-state index contributed by atoms with van der Waals surface area (Å²) in [7, 11) is 0. The lowest BCUT2D eigenvalue weighted by atomic mass is 10.0. The number of rotatable bonds is 4. The molecule has 104 valence electrons. The summed E-state index contributed by atoms with van der Waals surface area (Å²) >= 11 is 0. The van der Waals surface area contributed by atoms with Gasteiger partial charge in [-0.05, 0) is 25.7 Å². The van der Waals surface area contributed by atoms with Crippen LogP contribution >= 0.6 is 0 Å². The average molecular weight is 264 g/mol. The van der Waals surface area contributed by atoms with Gasteiger partial charge in [-0.25, -0.2) is 4.79 Å². The molecule has 6 heteroatoms. The zero-order valence-corrected chi connectivity index (χ0v) is 11.1. The zero-order valence-electron chi connectivity index (χ0n) is 11.1. The summed E-state index contributed by atoms with van der Waals surface area (Å²) in [6, 6.07) is 0.195. The van der Waals surface area contributed by atoms with Crippen LogP contribution in [-0.4, -0.2) is 15.6 Å². The maximum atomic E-state index is 11.9. The Balaban J connectivity index is 2.33. The third-order valence-corrected chi connectivity index (χ3v) is 3.30. The monoisotopic (exact) mass is 264 g/mol. The van der Waals surface area contributed by atoms with Gasteiger partial charge in [0.2, 0.25) is 0 Å². The second-order valence-electron chi connectivity index (χ2n) is 4.80. The summed E-state index contributed by atoms with van der Waals surface area (Å²) in [4.78, 5) is 25.9. The number of allylic oxidation sites excluding steroid dienone is 1. The van der Waals surface area contributed by atoms with E-state index < -0.39 is 11.2 Å². The molecule has 6 nitrogen and oxygen atoms in total. The molecule has 1 aliphatic rings. The topological polar surface area (TPSA) is 92.9 Å². The molecule has 0 aliphatic heterocycles. The van der Waals surface area contributed by atoms with Gasteiger partial charge in [0, 0.05) is 12.6 Å². The number of nitrogens with zero attached hydrogens (tertiary/aromatic N) is 1. The zero-order chi connectivity index (χ0) is 13.8. The van der Waals surface area contributed by atoms with Crippen LogP contribution in [0.4, 0.5) is 11.5 Å². The van der Waals surface area contributed by atoms with Gasteiger partial charge in [-0.3, -0.25) is 14.3 Å². The first-order chi connectivity index (χ1) is 9.13. The molecule has 0 radical (unpaired) electrons. The fourth-order valence-electron chi connectivity index (χ4n) is 2.30. The van der Waals surface area contributed by atoms with Crippen LogP contribution in [0.15, 0.2) is 21.7 Å². The quantitative estimate of drug-likeness (QED) is 0.709. The van der Waals surface area contributed by atoms with E-state index in [4.69, 9.17) is 5.73 Å². The number of hydrogen-bond donors (Lipinski definition) is 3. The Kier molecular flexibility index (Phi) is 4.09. The Morgan fingerprint density at radius 2 is 2.26 bits per heavy atom. The number of nitrogens with two attached hydrogens (primary N) is 1. The summed E-state index contributed by atoms with van der Waals surface area (Å²) in [5.74, 6) is 0.227. The molecule has 19 heavy (non-hydrogen) atoms. The van der Waals surface area contributed by atoms with Crippen molar-refractivity contribution in [3.8, 4) is 0 Å². The van der Waals surface area contributed by atoms with Gasteiger partial charge in [-0.1, -0.05) is 19.1 Å². The summed E-state index contributed by atoms with van der Waals surface area (Å²) < 4.78 is 1.41. The van der Waals surface area contributed by atoms with E-state index in [1.165, 1.54) is 4.57 Å². The van der Waals surface area contributed by atoms with Crippen LogP contribution in [0.2, 0.25) is 0 Å². The first-order valence-corrected chi connectivity index (χ1v) is 6.67. The number of aromatic nitrogens is 2. The van der Waals surface area contributed by atoms with Crippen molar-refractivity contribution in [3.63, 3.8) is 0 Å². The molecule has 0 saturated carbocycles. The van der Waals surface area contributed by atoms with Gasteiger partial charge in [0.15, 0.2) is 0 Å². The van der Waals surface area contributed by atoms with Gasteiger partial charge < -0.3 is 11.1 Å². The van der Waals surface area contributed by atoms with E-state index in [1.54, 1.807) is 0 Å². The number of H-pyrrole nitrogens is 1. The fourth-order valence-corrected chi connectivity index (χ4v) is 2.30. The number of hydrogen-bond acceptors (Lipinski definition) is 4. The van der Waals surface area contributed by atoms with Gasteiger partial charge in [-0.2, -0.15) is 0 Å². The highest BCUT2D eigenvalue weighted by molar-refractivity contribution is 5.61. The highest BCUT2D eigenvalue weighted by atomic mass is 16.2.